The molecule has 2 fully saturated rings. The molecule has 0 aromatic rings. The van der Waals surface area contributed by atoms with Crippen molar-refractivity contribution in [3.63, 3.8) is 0 Å². The number of carbonyl (C=O) groups is 1. The second-order valence-electron chi connectivity index (χ2n) is 5.79. The van der Waals surface area contributed by atoms with Crippen LogP contribution in [0.1, 0.15) is 39.5 Å². The molecule has 2 aliphatic rings. The van der Waals surface area contributed by atoms with E-state index in [-0.39, 0.29) is 18.3 Å². The molecule has 0 saturated carbocycles. The van der Waals surface area contributed by atoms with Crippen molar-refractivity contribution in [1.29, 1.82) is 0 Å². The Labute approximate surface area is 142 Å². The first-order chi connectivity index (χ1) is 10.0. The Morgan fingerprint density at radius 3 is 2.43 bits per heavy atom. The molecule has 0 aromatic carbocycles. The van der Waals surface area contributed by atoms with Crippen molar-refractivity contribution in [1.82, 2.24) is 7.74 Å². The third kappa shape index (κ3) is 5.70. The first kappa shape index (κ1) is 16.9. The van der Waals surface area contributed by atoms with Crippen molar-refractivity contribution in [3.8, 4) is 0 Å². The summed E-state index contributed by atoms with van der Waals surface area (Å²) in [4.78, 5) is 19.2. The van der Waals surface area contributed by atoms with Gasteiger partial charge in [-0.1, -0.05) is 0 Å². The number of amides is 1. The molecule has 6 nitrogen and oxygen atoms in total. The molecule has 0 radical (unpaired) electrons. The van der Waals surface area contributed by atoms with Gasteiger partial charge in [0.15, 0.2) is 0 Å². The summed E-state index contributed by atoms with van der Waals surface area (Å²) < 4.78 is 7.56. The second-order valence-corrected chi connectivity index (χ2v) is 7.65. The maximum atomic E-state index is 11.8. The molecule has 21 heavy (non-hydrogen) atoms. The fourth-order valence-electron chi connectivity index (χ4n) is 2.40. The van der Waals surface area contributed by atoms with Crippen LogP contribution in [0.15, 0.2) is 5.16 Å². The van der Waals surface area contributed by atoms with Gasteiger partial charge in [0.1, 0.15) is 0 Å². The molecule has 2 saturated heterocycles. The number of likely N-dealkylation sites (tertiary alicyclic amines) is 1. The number of ether oxygens (including phenoxy) is 1. The van der Waals surface area contributed by atoms with E-state index in [0.717, 1.165) is 38.8 Å². The molecule has 0 aliphatic carbocycles. The van der Waals surface area contributed by atoms with Gasteiger partial charge in [-0.15, -0.1) is 0 Å². The van der Waals surface area contributed by atoms with Gasteiger partial charge >= 0.3 is 122 Å². The molecule has 2 aliphatic heterocycles. The number of piperidine rings is 2. The van der Waals surface area contributed by atoms with Crippen molar-refractivity contribution < 1.29 is 39.4 Å². The molecule has 2 heterocycles. The minimum absolute atomic E-state index is 0.0662. The molecule has 0 bridgehead atoms. The molecule has 0 unspecified atom stereocenters. The number of carbonyl (C=O) groups excluding carboxylic acids is 1. The zero-order chi connectivity index (χ0) is 15.2. The molecule has 0 atom stereocenters. The number of hydrogen-bond donors (Lipinski definition) is 0. The Hall–Kier alpha value is -0.417. The first-order valence-electron chi connectivity index (χ1n) is 7.62. The summed E-state index contributed by atoms with van der Waals surface area (Å²) in [6, 6.07) is 0. The van der Waals surface area contributed by atoms with Crippen LogP contribution in [0.3, 0.4) is 0 Å². The van der Waals surface area contributed by atoms with Gasteiger partial charge in [-0.3, -0.25) is 0 Å². The minimum atomic E-state index is -0.216. The van der Waals surface area contributed by atoms with E-state index >= 15 is 0 Å². The fraction of sp³-hybridized carbons (Fsp3) is 0.857. The molecule has 1 amide bonds. The summed E-state index contributed by atoms with van der Waals surface area (Å²) in [7, 11) is 0. The third-order valence-corrected chi connectivity index (χ3v) is 4.97. The first-order valence-corrected chi connectivity index (χ1v) is 8.94. The Bertz CT molecular complexity index is 372. The van der Waals surface area contributed by atoms with Crippen LogP contribution in [0.4, 0.5) is 4.79 Å². The second kappa shape index (κ2) is 8.28. The monoisotopic (exact) mass is 492 g/mol. The molecular weight excluding hydrogens is 468 g/mol. The van der Waals surface area contributed by atoms with E-state index in [1.54, 1.807) is 29.9 Å². The van der Waals surface area contributed by atoms with Gasteiger partial charge < -0.3 is 0 Å². The van der Waals surface area contributed by atoms with Crippen LogP contribution in [0.5, 0.6) is 0 Å². The molecule has 120 valence electrons. The van der Waals surface area contributed by atoms with Crippen molar-refractivity contribution >= 4 is 11.8 Å². The van der Waals surface area contributed by atoms with E-state index in [9.17, 15) is 4.79 Å². The number of hydrogen-bond acceptors (Lipinski definition) is 5. The van der Waals surface area contributed by atoms with E-state index in [2.05, 4.69) is 8.00 Å². The number of nitrogens with zero attached hydrogens (tertiary/aromatic N) is 3. The summed E-state index contributed by atoms with van der Waals surface area (Å²) in [5.74, 6) is 0. The molecule has 7 heteroatoms. The SMILES string of the molecule is CC(C)OC(=O)N1CCC(ON=C2CCN([At])CC2)CC1. The van der Waals surface area contributed by atoms with Crippen LogP contribution in [0, 0.1) is 25.0 Å². The van der Waals surface area contributed by atoms with Crippen LogP contribution >= 0.6 is 0 Å². The van der Waals surface area contributed by atoms with Crippen molar-refractivity contribution in [2.24, 2.45) is 5.16 Å². The zero-order valence-electron chi connectivity index (χ0n) is 12.8. The van der Waals surface area contributed by atoms with E-state index in [4.69, 9.17) is 9.57 Å². The van der Waals surface area contributed by atoms with Crippen LogP contribution in [0.2, 0.25) is 0 Å². The molecule has 2 rings (SSSR count). The van der Waals surface area contributed by atoms with Gasteiger partial charge in [-0.05, 0) is 13.8 Å². The Morgan fingerprint density at radius 1 is 1.24 bits per heavy atom. The average molecular weight is 492 g/mol. The van der Waals surface area contributed by atoms with Crippen LogP contribution in [-0.4, -0.2) is 57.9 Å². The van der Waals surface area contributed by atoms with Crippen molar-refractivity contribution in [2.45, 2.75) is 51.7 Å². The normalized spacial score (nSPS) is 21.5. The summed E-state index contributed by atoms with van der Waals surface area (Å²) in [6.45, 7) is 7.27. The molecule has 0 spiro atoms. The predicted octanol–water partition coefficient (Wildman–Crippen LogP) is 1.93. The van der Waals surface area contributed by atoms with E-state index in [1.165, 1.54) is 5.71 Å². The van der Waals surface area contributed by atoms with E-state index in [0.29, 0.717) is 13.1 Å². The van der Waals surface area contributed by atoms with E-state index < -0.39 is 0 Å². The Morgan fingerprint density at radius 2 is 1.86 bits per heavy atom. The summed E-state index contributed by atoms with van der Waals surface area (Å²) >= 11 is 1.73. The summed E-state index contributed by atoms with van der Waals surface area (Å²) in [5.41, 5.74) is 1.17. The third-order valence-electron chi connectivity index (χ3n) is 3.65. The number of rotatable bonds is 3. The predicted molar refractivity (Wildman–Crippen MR) is 75.5 cm³/mol. The van der Waals surface area contributed by atoms with Crippen molar-refractivity contribution in [2.75, 3.05) is 26.2 Å². The summed E-state index contributed by atoms with van der Waals surface area (Å²) in [6.07, 6.45) is 3.52. The Kier molecular flexibility index (Phi) is 6.68. The van der Waals surface area contributed by atoms with Gasteiger partial charge in [0.25, 0.3) is 0 Å². The van der Waals surface area contributed by atoms with Gasteiger partial charge in [-0.25, -0.2) is 0 Å². The summed E-state index contributed by atoms with van der Waals surface area (Å²) in [5, 5.41) is 4.32. The van der Waals surface area contributed by atoms with Gasteiger partial charge in [0, 0.05) is 0 Å². The fourth-order valence-corrected chi connectivity index (χ4v) is 3.05. The Balaban J connectivity index is 1.69. The van der Waals surface area contributed by atoms with Crippen LogP contribution in [-0.2, 0) is 9.57 Å². The zero-order valence-corrected chi connectivity index (χ0v) is 15.7. The van der Waals surface area contributed by atoms with E-state index in [1.807, 2.05) is 13.8 Å². The van der Waals surface area contributed by atoms with Gasteiger partial charge in [0.05, 0.1) is 6.10 Å². The van der Waals surface area contributed by atoms with Crippen molar-refractivity contribution in [3.05, 3.63) is 0 Å². The van der Waals surface area contributed by atoms with Crippen LogP contribution < -0.4 is 0 Å². The molecular formula is C14H24AtN3O3. The van der Waals surface area contributed by atoms with Gasteiger partial charge in [-0.2, -0.15) is 0 Å². The average Bonchev–Trinajstić information content (AvgIpc) is 2.46. The molecule has 0 aromatic heterocycles. The molecule has 0 N–H and O–H groups in total. The standard InChI is InChI=1S/C14H24AtN3O3/c1-11(2)20-14(19)17-7-5-13(6-8-17)21-16-12-3-9-18(15)10-4-12/h11,13H,3-10H2,1-2H3. The topological polar surface area (TPSA) is 54.4 Å². The maximum absolute atomic E-state index is 11.8. The number of oxime groups is 1. The quantitative estimate of drug-likeness (QED) is 0.566. The van der Waals surface area contributed by atoms with Crippen LogP contribution in [0.25, 0.3) is 0 Å². The van der Waals surface area contributed by atoms with Gasteiger partial charge in [0.2, 0.25) is 0 Å².